The third kappa shape index (κ3) is 10.8. The quantitative estimate of drug-likeness (QED) is 0.323. The molecule has 4 radical (unpaired) electrons. The fraction of sp³-hybridized carbons (Fsp3) is 1.00. The van der Waals surface area contributed by atoms with Gasteiger partial charge in [-0.3, -0.25) is 5.26 Å². The van der Waals surface area contributed by atoms with E-state index in [1.54, 1.807) is 0 Å². The van der Waals surface area contributed by atoms with Crippen LogP contribution in [0.2, 0.25) is 0 Å². The molecular weight excluding hydrogens is 199 g/mol. The van der Waals surface area contributed by atoms with E-state index in [9.17, 15) is 0 Å². The Hall–Kier alpha value is 0.719. The average molecular weight is 209 g/mol. The predicted octanol–water partition coefficient (Wildman–Crippen LogP) is 0.895. The maximum atomic E-state index is 7.70. The Kier molecular flexibility index (Phi) is 15.0. The summed E-state index contributed by atoms with van der Waals surface area (Å²) in [6, 6.07) is 0. The summed E-state index contributed by atoms with van der Waals surface area (Å²) in [5.74, 6) is 0. The van der Waals surface area contributed by atoms with Crippen LogP contribution in [0.4, 0.5) is 0 Å². The van der Waals surface area contributed by atoms with Crippen LogP contribution >= 0.6 is 0 Å². The van der Waals surface area contributed by atoms with Crippen molar-refractivity contribution >= 4 is 23.9 Å². The van der Waals surface area contributed by atoms with Crippen LogP contribution in [-0.2, 0) is 4.89 Å². The summed E-state index contributed by atoms with van der Waals surface area (Å²) in [6.45, 7) is 2.51. The number of hydrogen-bond acceptors (Lipinski definition) is 2. The van der Waals surface area contributed by atoms with E-state index in [-0.39, 0.29) is 23.9 Å². The van der Waals surface area contributed by atoms with Crippen LogP contribution in [0.5, 0.6) is 0 Å². The van der Waals surface area contributed by atoms with Gasteiger partial charge in [0.25, 0.3) is 0 Å². The molecule has 0 spiro atoms. The molecule has 0 aromatic rings. The molecule has 0 aromatic carbocycles. The molecule has 7 heavy (non-hydrogen) atoms. The standard InChI is InChI=1S/C4H10O2.Sn/c1-2-3-4-6-5;/h5H,2-4H2,1H3;. The van der Waals surface area contributed by atoms with Gasteiger partial charge in [-0.15, -0.1) is 0 Å². The van der Waals surface area contributed by atoms with Crippen molar-refractivity contribution in [2.24, 2.45) is 0 Å². The van der Waals surface area contributed by atoms with Crippen molar-refractivity contribution in [1.82, 2.24) is 0 Å². The number of rotatable bonds is 3. The molecule has 2 nitrogen and oxygen atoms in total. The summed E-state index contributed by atoms with van der Waals surface area (Å²) in [6.07, 6.45) is 2.01. The predicted molar refractivity (Wildman–Crippen MR) is 29.2 cm³/mol. The van der Waals surface area contributed by atoms with Gasteiger partial charge >= 0.3 is 0 Å². The Morgan fingerprint density at radius 3 is 2.29 bits per heavy atom. The SMILES string of the molecule is CCCCOO.[Sn]. The van der Waals surface area contributed by atoms with Gasteiger partial charge in [-0.05, 0) is 6.42 Å². The smallest absolute Gasteiger partial charge is 0.0819 e. The molecule has 0 bridgehead atoms. The summed E-state index contributed by atoms with van der Waals surface area (Å²) < 4.78 is 0. The molecule has 0 aliphatic heterocycles. The molecule has 0 atom stereocenters. The monoisotopic (exact) mass is 210 g/mol. The molecule has 0 heterocycles. The van der Waals surface area contributed by atoms with Crippen molar-refractivity contribution in [2.75, 3.05) is 6.61 Å². The van der Waals surface area contributed by atoms with Crippen molar-refractivity contribution in [2.45, 2.75) is 19.8 Å². The van der Waals surface area contributed by atoms with Gasteiger partial charge in [0, 0.05) is 23.9 Å². The molecule has 0 unspecified atom stereocenters. The Bertz CT molecular complexity index is 21.7. The first kappa shape index (κ1) is 10.7. The normalized spacial score (nSPS) is 7.71. The molecule has 1 N–H and O–H groups in total. The van der Waals surface area contributed by atoms with Crippen LogP contribution in [0.3, 0.4) is 0 Å². The second-order valence-corrected chi connectivity index (χ2v) is 1.19. The van der Waals surface area contributed by atoms with Gasteiger partial charge in [-0.25, -0.2) is 4.89 Å². The zero-order chi connectivity index (χ0) is 4.83. The van der Waals surface area contributed by atoms with E-state index in [0.29, 0.717) is 6.61 Å². The van der Waals surface area contributed by atoms with Crippen LogP contribution in [0.25, 0.3) is 0 Å². The summed E-state index contributed by atoms with van der Waals surface area (Å²) >= 11 is 0. The van der Waals surface area contributed by atoms with E-state index in [0.717, 1.165) is 12.8 Å². The van der Waals surface area contributed by atoms with E-state index in [2.05, 4.69) is 4.89 Å². The summed E-state index contributed by atoms with van der Waals surface area (Å²) in [4.78, 5) is 3.78. The summed E-state index contributed by atoms with van der Waals surface area (Å²) in [5.41, 5.74) is 0. The van der Waals surface area contributed by atoms with E-state index < -0.39 is 0 Å². The van der Waals surface area contributed by atoms with Crippen molar-refractivity contribution in [3.05, 3.63) is 0 Å². The van der Waals surface area contributed by atoms with E-state index >= 15 is 0 Å². The Labute approximate surface area is 60.7 Å². The minimum absolute atomic E-state index is 0. The number of hydrogen-bond donors (Lipinski definition) is 1. The minimum Gasteiger partial charge on any atom is -0.252 e. The van der Waals surface area contributed by atoms with Gasteiger partial charge in [0.1, 0.15) is 0 Å². The van der Waals surface area contributed by atoms with Crippen molar-refractivity contribution in [1.29, 1.82) is 0 Å². The first-order chi connectivity index (χ1) is 2.91. The van der Waals surface area contributed by atoms with Gasteiger partial charge in [-0.1, -0.05) is 13.3 Å². The van der Waals surface area contributed by atoms with Crippen LogP contribution in [0.15, 0.2) is 0 Å². The summed E-state index contributed by atoms with van der Waals surface area (Å²) in [7, 11) is 0. The fourth-order valence-electron chi connectivity index (χ4n) is 0.209. The molecular formula is C4H10O2Sn. The van der Waals surface area contributed by atoms with Crippen molar-refractivity contribution in [3.8, 4) is 0 Å². The van der Waals surface area contributed by atoms with E-state index in [1.807, 2.05) is 6.92 Å². The van der Waals surface area contributed by atoms with E-state index in [4.69, 9.17) is 5.26 Å². The van der Waals surface area contributed by atoms with Gasteiger partial charge in [-0.2, -0.15) is 0 Å². The maximum Gasteiger partial charge on any atom is 0.0819 e. The van der Waals surface area contributed by atoms with Crippen molar-refractivity contribution < 1.29 is 10.1 Å². The molecule has 0 aromatic heterocycles. The average Bonchev–Trinajstić information content (AvgIpc) is 1.61. The molecule has 0 amide bonds. The Balaban J connectivity index is 0. The van der Waals surface area contributed by atoms with Crippen LogP contribution < -0.4 is 0 Å². The molecule has 0 fully saturated rings. The van der Waals surface area contributed by atoms with Gasteiger partial charge < -0.3 is 0 Å². The van der Waals surface area contributed by atoms with Gasteiger partial charge in [0.15, 0.2) is 0 Å². The van der Waals surface area contributed by atoms with Gasteiger partial charge in [0.05, 0.1) is 6.61 Å². The number of unbranched alkanes of at least 4 members (excludes halogenated alkanes) is 1. The zero-order valence-electron chi connectivity index (χ0n) is 4.48. The Morgan fingerprint density at radius 1 is 1.57 bits per heavy atom. The fourth-order valence-corrected chi connectivity index (χ4v) is 0.209. The van der Waals surface area contributed by atoms with E-state index in [1.165, 1.54) is 0 Å². The molecule has 42 valence electrons. The van der Waals surface area contributed by atoms with Crippen LogP contribution in [0, 0.1) is 0 Å². The molecule has 0 aliphatic carbocycles. The van der Waals surface area contributed by atoms with Crippen LogP contribution in [-0.4, -0.2) is 35.8 Å². The Morgan fingerprint density at radius 2 is 2.14 bits per heavy atom. The third-order valence-electron chi connectivity index (χ3n) is 0.589. The maximum absolute atomic E-state index is 7.70. The largest absolute Gasteiger partial charge is 0.252 e. The molecule has 0 saturated heterocycles. The first-order valence-electron chi connectivity index (χ1n) is 2.18. The zero-order valence-corrected chi connectivity index (χ0v) is 7.33. The molecule has 0 saturated carbocycles. The van der Waals surface area contributed by atoms with Crippen LogP contribution in [0.1, 0.15) is 19.8 Å². The molecule has 0 aliphatic rings. The minimum atomic E-state index is 0. The first-order valence-corrected chi connectivity index (χ1v) is 2.18. The second-order valence-electron chi connectivity index (χ2n) is 1.19. The van der Waals surface area contributed by atoms with Crippen molar-refractivity contribution in [3.63, 3.8) is 0 Å². The van der Waals surface area contributed by atoms with Gasteiger partial charge in [0.2, 0.25) is 0 Å². The summed E-state index contributed by atoms with van der Waals surface area (Å²) in [5, 5.41) is 7.70. The molecule has 0 rings (SSSR count). The second kappa shape index (κ2) is 9.87. The topological polar surface area (TPSA) is 29.5 Å². The third-order valence-corrected chi connectivity index (χ3v) is 0.589. The molecule has 3 heteroatoms.